The maximum absolute atomic E-state index is 13.8. The van der Waals surface area contributed by atoms with Crippen molar-refractivity contribution in [2.24, 2.45) is 0 Å². The van der Waals surface area contributed by atoms with Gasteiger partial charge < -0.3 is 15.0 Å². The third-order valence-corrected chi connectivity index (χ3v) is 8.54. The fourth-order valence-electron chi connectivity index (χ4n) is 5.56. The number of thioether (sulfide) groups is 1. The quantitative estimate of drug-likeness (QED) is 0.310. The normalized spacial score (nSPS) is 15.7. The van der Waals surface area contributed by atoms with Crippen molar-refractivity contribution in [3.8, 4) is 0 Å². The van der Waals surface area contributed by atoms with Gasteiger partial charge in [-0.3, -0.25) is 9.59 Å². The highest BCUT2D eigenvalue weighted by Crippen LogP contribution is 2.41. The molecule has 5 rings (SSSR count). The lowest BCUT2D eigenvalue weighted by molar-refractivity contribution is -0.144. The summed E-state index contributed by atoms with van der Waals surface area (Å²) in [6.07, 6.45) is 10.2. The Labute approximate surface area is 245 Å². The van der Waals surface area contributed by atoms with Gasteiger partial charge in [-0.15, -0.1) is 0 Å². The van der Waals surface area contributed by atoms with Crippen LogP contribution in [0.2, 0.25) is 0 Å². The van der Waals surface area contributed by atoms with E-state index in [0.29, 0.717) is 30.3 Å². The van der Waals surface area contributed by atoms with Gasteiger partial charge in [0, 0.05) is 19.6 Å². The van der Waals surface area contributed by atoms with E-state index in [-0.39, 0.29) is 24.8 Å². The average Bonchev–Trinajstić information content (AvgIpc) is 3.49. The van der Waals surface area contributed by atoms with E-state index in [1.165, 1.54) is 47.6 Å². The van der Waals surface area contributed by atoms with E-state index < -0.39 is 12.0 Å². The molecule has 2 fully saturated rings. The van der Waals surface area contributed by atoms with Gasteiger partial charge in [0.2, 0.25) is 5.91 Å². The number of likely N-dealkylation sites (tertiary alicyclic amines) is 1. The van der Waals surface area contributed by atoms with Gasteiger partial charge in [0.1, 0.15) is 6.33 Å². The Balaban J connectivity index is 1.33. The van der Waals surface area contributed by atoms with Crippen molar-refractivity contribution in [1.82, 2.24) is 19.9 Å². The van der Waals surface area contributed by atoms with E-state index in [4.69, 9.17) is 4.74 Å². The molecule has 1 aliphatic carbocycles. The minimum absolute atomic E-state index is 0.0228. The van der Waals surface area contributed by atoms with E-state index in [1.807, 2.05) is 17.2 Å². The summed E-state index contributed by atoms with van der Waals surface area (Å²) in [6, 6.07) is 12.0. The largest absolute Gasteiger partial charge is 0.467 e. The number of nitrogens with one attached hydrogen (secondary N) is 1. The predicted octanol–water partition coefficient (Wildman–Crippen LogP) is 3.63. The van der Waals surface area contributed by atoms with Gasteiger partial charge in [0.15, 0.2) is 6.04 Å². The second-order valence-corrected chi connectivity index (χ2v) is 11.8. The average molecular weight is 578 g/mol. The number of methoxy groups -OCH3 is 1. The minimum Gasteiger partial charge on any atom is -0.467 e. The zero-order chi connectivity index (χ0) is 28.8. The standard InChI is InChI=1S/C31H39N5O4S/c1-40-31(39)28(11-14-41-2)36(35-20-26(33-21-35)17-29(37)34-12-5-6-13-34)30(38)19-32-18-25-16-24(22-9-10-22)15-23-7-3-4-8-27(23)25/h3-4,7-8,15-16,20-22,28,32H,5-6,9-14,17-19H2,1-2H3. The topological polar surface area (TPSA) is 96.8 Å². The fraction of sp³-hybridized carbons (Fsp3) is 0.484. The molecule has 1 aliphatic heterocycles. The Hall–Kier alpha value is -3.37. The van der Waals surface area contributed by atoms with E-state index in [9.17, 15) is 14.4 Å². The van der Waals surface area contributed by atoms with Crippen LogP contribution >= 0.6 is 11.8 Å². The molecule has 0 spiro atoms. The predicted molar refractivity (Wildman–Crippen MR) is 161 cm³/mol. The van der Waals surface area contributed by atoms with Crippen molar-refractivity contribution in [2.75, 3.05) is 43.8 Å². The minimum atomic E-state index is -0.822. The van der Waals surface area contributed by atoms with Crippen LogP contribution in [0.25, 0.3) is 10.8 Å². The molecule has 1 unspecified atom stereocenters. The number of aromatic nitrogens is 2. The number of hydrogen-bond acceptors (Lipinski definition) is 7. The van der Waals surface area contributed by atoms with E-state index in [2.05, 4.69) is 40.6 Å². The molecule has 2 amide bonds. The molecule has 0 radical (unpaired) electrons. The molecule has 0 bridgehead atoms. The Morgan fingerprint density at radius 2 is 1.95 bits per heavy atom. The second kappa shape index (κ2) is 13.5. The maximum atomic E-state index is 13.8. The summed E-state index contributed by atoms with van der Waals surface area (Å²) in [4.78, 5) is 45.7. The number of ether oxygens (including phenoxy) is 1. The molecule has 10 heteroatoms. The van der Waals surface area contributed by atoms with Crippen LogP contribution in [-0.2, 0) is 32.1 Å². The van der Waals surface area contributed by atoms with Crippen molar-refractivity contribution in [1.29, 1.82) is 0 Å². The molecule has 3 aromatic rings. The Bertz CT molecular complexity index is 1380. The van der Waals surface area contributed by atoms with Crippen molar-refractivity contribution < 1.29 is 19.1 Å². The number of imidazole rings is 1. The van der Waals surface area contributed by atoms with Crippen LogP contribution in [0, 0.1) is 0 Å². The molecule has 1 saturated heterocycles. The first-order chi connectivity index (χ1) is 20.0. The van der Waals surface area contributed by atoms with Crippen molar-refractivity contribution in [3.63, 3.8) is 0 Å². The number of rotatable bonds is 13. The molecule has 1 aromatic heterocycles. The first kappa shape index (κ1) is 29.1. The molecule has 1 atom stereocenters. The zero-order valence-corrected chi connectivity index (χ0v) is 24.7. The molecule has 1 N–H and O–H groups in total. The summed E-state index contributed by atoms with van der Waals surface area (Å²) >= 11 is 1.60. The number of benzene rings is 2. The third-order valence-electron chi connectivity index (χ3n) is 7.89. The highest BCUT2D eigenvalue weighted by atomic mass is 32.2. The lowest BCUT2D eigenvalue weighted by atomic mass is 9.98. The highest BCUT2D eigenvalue weighted by molar-refractivity contribution is 7.98. The summed E-state index contributed by atoms with van der Waals surface area (Å²) in [5.41, 5.74) is 3.07. The lowest BCUT2D eigenvalue weighted by Gasteiger charge is -2.30. The second-order valence-electron chi connectivity index (χ2n) is 10.8. The number of carbonyl (C=O) groups is 3. The Kier molecular flexibility index (Phi) is 9.61. The van der Waals surface area contributed by atoms with Crippen LogP contribution < -0.4 is 10.3 Å². The zero-order valence-electron chi connectivity index (χ0n) is 23.9. The summed E-state index contributed by atoms with van der Waals surface area (Å²) < 4.78 is 6.65. The highest BCUT2D eigenvalue weighted by Gasteiger charge is 2.32. The molecule has 2 aromatic carbocycles. The number of nitrogens with zero attached hydrogens (tertiary/aromatic N) is 4. The summed E-state index contributed by atoms with van der Waals surface area (Å²) in [7, 11) is 1.33. The number of fused-ring (bicyclic) bond motifs is 1. The van der Waals surface area contributed by atoms with Crippen molar-refractivity contribution in [2.45, 2.75) is 57.0 Å². The van der Waals surface area contributed by atoms with Gasteiger partial charge >= 0.3 is 5.97 Å². The van der Waals surface area contributed by atoms with Crippen molar-refractivity contribution in [3.05, 3.63) is 65.7 Å². The number of hydrogen-bond donors (Lipinski definition) is 1. The van der Waals surface area contributed by atoms with Gasteiger partial charge in [0.25, 0.3) is 5.91 Å². The number of carbonyl (C=O) groups excluding carboxylic acids is 3. The van der Waals surface area contributed by atoms with Gasteiger partial charge in [-0.2, -0.15) is 11.8 Å². The lowest BCUT2D eigenvalue weighted by Crippen LogP contribution is -2.54. The van der Waals surface area contributed by atoms with Crippen LogP contribution in [0.3, 0.4) is 0 Å². The maximum Gasteiger partial charge on any atom is 0.330 e. The first-order valence-corrected chi connectivity index (χ1v) is 15.8. The van der Waals surface area contributed by atoms with Gasteiger partial charge in [-0.1, -0.05) is 36.4 Å². The Morgan fingerprint density at radius 1 is 1.17 bits per heavy atom. The van der Waals surface area contributed by atoms with Crippen LogP contribution in [-0.4, -0.2) is 77.1 Å². The van der Waals surface area contributed by atoms with Gasteiger partial charge in [-0.25, -0.2) is 19.5 Å². The van der Waals surface area contributed by atoms with Gasteiger partial charge in [0.05, 0.1) is 32.0 Å². The van der Waals surface area contributed by atoms with Crippen LogP contribution in [0.15, 0.2) is 48.9 Å². The van der Waals surface area contributed by atoms with Gasteiger partial charge in [-0.05, 0) is 71.9 Å². The third kappa shape index (κ3) is 7.11. The first-order valence-electron chi connectivity index (χ1n) is 14.4. The van der Waals surface area contributed by atoms with E-state index in [0.717, 1.165) is 31.5 Å². The molecule has 41 heavy (non-hydrogen) atoms. The summed E-state index contributed by atoms with van der Waals surface area (Å²) in [5, 5.41) is 7.13. The Morgan fingerprint density at radius 3 is 2.68 bits per heavy atom. The molecular weight excluding hydrogens is 538 g/mol. The molecular formula is C31H39N5O4S. The van der Waals surface area contributed by atoms with Crippen LogP contribution in [0.1, 0.15) is 54.8 Å². The molecule has 2 aliphatic rings. The summed E-state index contributed by atoms with van der Waals surface area (Å²) in [5.74, 6) is 0.560. The molecule has 1 saturated carbocycles. The van der Waals surface area contributed by atoms with Crippen LogP contribution in [0.4, 0.5) is 0 Å². The molecule has 218 valence electrons. The SMILES string of the molecule is COC(=O)C(CCSC)N(C(=O)CNCc1cc(C2CC2)cc2ccccc12)n1cnc(CC(=O)N2CCCC2)c1. The summed E-state index contributed by atoms with van der Waals surface area (Å²) in [6.45, 7) is 2.09. The number of esters is 1. The van der Waals surface area contributed by atoms with E-state index in [1.54, 1.807) is 22.6 Å². The molecule has 2 heterocycles. The van der Waals surface area contributed by atoms with Crippen LogP contribution in [0.5, 0.6) is 0 Å². The fourth-order valence-corrected chi connectivity index (χ4v) is 6.02. The van der Waals surface area contributed by atoms with E-state index >= 15 is 0 Å². The smallest absolute Gasteiger partial charge is 0.330 e. The number of amides is 2. The van der Waals surface area contributed by atoms with Crippen molar-refractivity contribution >= 4 is 40.3 Å². The monoisotopic (exact) mass is 577 g/mol. The molecule has 9 nitrogen and oxygen atoms in total.